The topological polar surface area (TPSA) is 44.7 Å². The lowest BCUT2D eigenvalue weighted by molar-refractivity contribution is -0.274. The second kappa shape index (κ2) is 8.59. The van der Waals surface area contributed by atoms with Gasteiger partial charge < -0.3 is 15.2 Å². The number of alkyl halides is 3. The Labute approximate surface area is 165 Å². The first-order chi connectivity index (χ1) is 13.1. The first kappa shape index (κ1) is 21.4. The Morgan fingerprint density at radius 2 is 1.68 bits per heavy atom. The van der Waals surface area contributed by atoms with Crippen molar-refractivity contribution in [1.29, 1.82) is 0 Å². The van der Waals surface area contributed by atoms with E-state index in [1.54, 1.807) is 12.1 Å². The molecule has 0 bridgehead atoms. The molecule has 2 aliphatic rings. The van der Waals surface area contributed by atoms with E-state index in [4.69, 9.17) is 0 Å². The summed E-state index contributed by atoms with van der Waals surface area (Å²) in [6, 6.07) is 6.79. The van der Waals surface area contributed by atoms with Crippen LogP contribution in [0.1, 0.15) is 57.4 Å². The predicted octanol–water partition coefficient (Wildman–Crippen LogP) is 4.05. The smallest absolute Gasteiger partial charge is 0.406 e. The van der Waals surface area contributed by atoms with Gasteiger partial charge in [-0.2, -0.15) is 0 Å². The number of aliphatic hydroxyl groups is 1. The molecule has 1 aliphatic heterocycles. The van der Waals surface area contributed by atoms with Gasteiger partial charge in [-0.15, -0.1) is 13.2 Å². The number of ether oxygens (including phenoxy) is 1. The number of piperazine rings is 1. The van der Waals surface area contributed by atoms with E-state index in [2.05, 4.69) is 28.8 Å². The van der Waals surface area contributed by atoms with Gasteiger partial charge in [0.1, 0.15) is 5.75 Å². The van der Waals surface area contributed by atoms with Crippen molar-refractivity contribution in [3.05, 3.63) is 29.8 Å². The van der Waals surface area contributed by atoms with Crippen LogP contribution in [0.3, 0.4) is 0 Å². The fourth-order valence-corrected chi connectivity index (χ4v) is 4.85. The van der Waals surface area contributed by atoms with Crippen LogP contribution in [0.15, 0.2) is 24.3 Å². The van der Waals surface area contributed by atoms with Gasteiger partial charge in [-0.1, -0.05) is 31.4 Å². The summed E-state index contributed by atoms with van der Waals surface area (Å²) in [7, 11) is 0. The SMILES string of the molecule is CC1CN(CC(c2ccc(OC(F)(F)F)cc2)C2(O)CCCCC2)CC(C)N1. The highest BCUT2D eigenvalue weighted by Crippen LogP contribution is 2.41. The van der Waals surface area contributed by atoms with Crippen molar-refractivity contribution in [2.24, 2.45) is 0 Å². The number of hydrogen-bond acceptors (Lipinski definition) is 4. The van der Waals surface area contributed by atoms with Gasteiger partial charge >= 0.3 is 6.36 Å². The van der Waals surface area contributed by atoms with Crippen molar-refractivity contribution in [1.82, 2.24) is 10.2 Å². The molecule has 1 saturated heterocycles. The van der Waals surface area contributed by atoms with Crippen LogP contribution in [0, 0.1) is 0 Å². The Kier molecular flexibility index (Phi) is 6.57. The van der Waals surface area contributed by atoms with E-state index in [0.717, 1.165) is 50.8 Å². The lowest BCUT2D eigenvalue weighted by Gasteiger charge is -2.44. The van der Waals surface area contributed by atoms with Crippen LogP contribution in [0.5, 0.6) is 5.75 Å². The normalized spacial score (nSPS) is 27.4. The second-order valence-electron chi connectivity index (χ2n) is 8.52. The molecule has 1 aliphatic carbocycles. The maximum Gasteiger partial charge on any atom is 0.573 e. The summed E-state index contributed by atoms with van der Waals surface area (Å²) >= 11 is 0. The molecule has 0 spiro atoms. The molecule has 2 fully saturated rings. The van der Waals surface area contributed by atoms with Gasteiger partial charge in [-0.25, -0.2) is 0 Å². The maximum atomic E-state index is 12.5. The molecule has 28 heavy (non-hydrogen) atoms. The molecule has 4 nitrogen and oxygen atoms in total. The van der Waals surface area contributed by atoms with Crippen molar-refractivity contribution >= 4 is 0 Å². The molecule has 1 saturated carbocycles. The Morgan fingerprint density at radius 1 is 1.11 bits per heavy atom. The fourth-order valence-electron chi connectivity index (χ4n) is 4.85. The van der Waals surface area contributed by atoms with E-state index < -0.39 is 12.0 Å². The molecule has 3 rings (SSSR count). The zero-order valence-electron chi connectivity index (χ0n) is 16.6. The summed E-state index contributed by atoms with van der Waals surface area (Å²) in [6.45, 7) is 6.79. The molecule has 7 heteroatoms. The van der Waals surface area contributed by atoms with Gasteiger partial charge in [0.15, 0.2) is 0 Å². The third kappa shape index (κ3) is 5.61. The summed E-state index contributed by atoms with van der Waals surface area (Å²) in [5.41, 5.74) is 0.0555. The van der Waals surface area contributed by atoms with Crippen molar-refractivity contribution in [3.63, 3.8) is 0 Å². The average molecular weight is 400 g/mol. The number of hydrogen-bond donors (Lipinski definition) is 2. The Bertz CT molecular complexity index is 620. The van der Waals surface area contributed by atoms with Crippen LogP contribution in [0.2, 0.25) is 0 Å². The number of benzene rings is 1. The van der Waals surface area contributed by atoms with Crippen LogP contribution >= 0.6 is 0 Å². The number of halogens is 3. The zero-order valence-corrected chi connectivity index (χ0v) is 16.6. The minimum atomic E-state index is -4.70. The van der Waals surface area contributed by atoms with Crippen LogP contribution in [-0.2, 0) is 0 Å². The lowest BCUT2D eigenvalue weighted by atomic mass is 9.72. The van der Waals surface area contributed by atoms with Gasteiger partial charge in [0.2, 0.25) is 0 Å². The van der Waals surface area contributed by atoms with E-state index >= 15 is 0 Å². The van der Waals surface area contributed by atoms with Gasteiger partial charge in [0.25, 0.3) is 0 Å². The van der Waals surface area contributed by atoms with E-state index in [9.17, 15) is 18.3 Å². The molecule has 2 N–H and O–H groups in total. The van der Waals surface area contributed by atoms with E-state index in [1.165, 1.54) is 12.1 Å². The number of nitrogens with zero attached hydrogens (tertiary/aromatic N) is 1. The first-order valence-corrected chi connectivity index (χ1v) is 10.2. The van der Waals surface area contributed by atoms with Crippen molar-refractivity contribution in [3.8, 4) is 5.75 Å². The van der Waals surface area contributed by atoms with Gasteiger partial charge in [0, 0.05) is 37.6 Å². The highest BCUT2D eigenvalue weighted by Gasteiger charge is 2.40. The maximum absolute atomic E-state index is 12.5. The van der Waals surface area contributed by atoms with Crippen LogP contribution in [0.25, 0.3) is 0 Å². The molecular formula is C21H31F3N2O2. The third-order valence-electron chi connectivity index (χ3n) is 5.96. The zero-order chi connectivity index (χ0) is 20.4. The fraction of sp³-hybridized carbons (Fsp3) is 0.714. The van der Waals surface area contributed by atoms with E-state index in [1.807, 2.05) is 0 Å². The average Bonchev–Trinajstić information content (AvgIpc) is 2.59. The Balaban J connectivity index is 1.81. The van der Waals surface area contributed by atoms with Crippen LogP contribution in [0.4, 0.5) is 13.2 Å². The highest BCUT2D eigenvalue weighted by atomic mass is 19.4. The summed E-state index contributed by atoms with van der Waals surface area (Å²) in [5, 5.41) is 15.0. The van der Waals surface area contributed by atoms with Gasteiger partial charge in [-0.05, 0) is 44.4 Å². The minimum Gasteiger partial charge on any atom is -0.406 e. The minimum absolute atomic E-state index is 0.134. The quantitative estimate of drug-likeness (QED) is 0.783. The molecule has 1 heterocycles. The number of rotatable bonds is 5. The van der Waals surface area contributed by atoms with E-state index in [-0.39, 0.29) is 11.7 Å². The summed E-state index contributed by atoms with van der Waals surface area (Å²) < 4.78 is 41.4. The Morgan fingerprint density at radius 3 is 2.21 bits per heavy atom. The molecule has 158 valence electrons. The molecule has 3 unspecified atom stereocenters. The molecular weight excluding hydrogens is 369 g/mol. The molecule has 1 aromatic rings. The number of nitrogens with one attached hydrogen (secondary N) is 1. The van der Waals surface area contributed by atoms with Crippen molar-refractivity contribution in [2.45, 2.75) is 75.9 Å². The van der Waals surface area contributed by atoms with Crippen molar-refractivity contribution in [2.75, 3.05) is 19.6 Å². The Hall–Kier alpha value is -1.31. The lowest BCUT2D eigenvalue weighted by Crippen LogP contribution is -2.56. The highest BCUT2D eigenvalue weighted by molar-refractivity contribution is 5.32. The second-order valence-corrected chi connectivity index (χ2v) is 8.52. The van der Waals surface area contributed by atoms with Crippen LogP contribution in [-0.4, -0.2) is 53.7 Å². The summed E-state index contributed by atoms with van der Waals surface area (Å²) in [5.74, 6) is -0.361. The molecule has 0 radical (unpaired) electrons. The predicted molar refractivity (Wildman–Crippen MR) is 102 cm³/mol. The molecule has 3 atom stereocenters. The van der Waals surface area contributed by atoms with Gasteiger partial charge in [-0.3, -0.25) is 4.90 Å². The molecule has 0 amide bonds. The monoisotopic (exact) mass is 400 g/mol. The van der Waals surface area contributed by atoms with Crippen molar-refractivity contribution < 1.29 is 23.0 Å². The van der Waals surface area contributed by atoms with Gasteiger partial charge in [0.05, 0.1) is 5.60 Å². The first-order valence-electron chi connectivity index (χ1n) is 10.2. The van der Waals surface area contributed by atoms with E-state index in [0.29, 0.717) is 18.6 Å². The summed E-state index contributed by atoms with van der Waals surface area (Å²) in [6.07, 6.45) is -0.150. The molecule has 1 aromatic carbocycles. The van der Waals surface area contributed by atoms with Crippen LogP contribution < -0.4 is 10.1 Å². The third-order valence-corrected chi connectivity index (χ3v) is 5.96. The summed E-state index contributed by atoms with van der Waals surface area (Å²) in [4.78, 5) is 2.36. The molecule has 0 aromatic heterocycles. The standard InChI is InChI=1S/C21H31F3N2O2/c1-15-12-26(13-16(2)25-15)14-19(20(27)10-4-3-5-11-20)17-6-8-18(9-7-17)28-21(22,23)24/h6-9,15-16,19,25,27H,3-5,10-14H2,1-2H3. The largest absolute Gasteiger partial charge is 0.573 e.